The first kappa shape index (κ1) is 8.96. The van der Waals surface area contributed by atoms with E-state index in [0.717, 1.165) is 15.2 Å². The molecule has 0 aliphatic heterocycles. The molecule has 5 heteroatoms. The number of thiazole rings is 1. The molecule has 14 heavy (non-hydrogen) atoms. The van der Waals surface area contributed by atoms with Crippen molar-refractivity contribution in [3.05, 3.63) is 22.7 Å². The lowest BCUT2D eigenvalue weighted by molar-refractivity contribution is 0.0698. The van der Waals surface area contributed by atoms with E-state index in [-0.39, 0.29) is 11.3 Å². The molecule has 2 rings (SSSR count). The number of carbonyl (C=O) groups is 1. The monoisotopic (exact) mass is 208 g/mol. The summed E-state index contributed by atoms with van der Waals surface area (Å²) >= 11 is 1.46. The average Bonchev–Trinajstić information content (AvgIpc) is 2.42. The number of hydrogen-bond acceptors (Lipinski definition) is 4. The van der Waals surface area contributed by atoms with Gasteiger partial charge in [0.1, 0.15) is 0 Å². The van der Waals surface area contributed by atoms with Crippen molar-refractivity contribution in [1.82, 2.24) is 4.98 Å². The van der Waals surface area contributed by atoms with Crippen LogP contribution in [0.3, 0.4) is 0 Å². The molecule has 0 saturated heterocycles. The summed E-state index contributed by atoms with van der Waals surface area (Å²) in [5.41, 5.74) is 6.74. The maximum Gasteiger partial charge on any atom is 0.337 e. The second-order valence-electron chi connectivity index (χ2n) is 2.95. The van der Waals surface area contributed by atoms with Gasteiger partial charge in [0.25, 0.3) is 0 Å². The second-order valence-corrected chi connectivity index (χ2v) is 4.18. The van der Waals surface area contributed by atoms with Gasteiger partial charge in [0.2, 0.25) is 0 Å². The number of carboxylic acid groups (broad SMARTS) is 1. The van der Waals surface area contributed by atoms with E-state index in [4.69, 9.17) is 10.8 Å². The lowest BCUT2D eigenvalue weighted by Crippen LogP contribution is -2.01. The number of rotatable bonds is 1. The van der Waals surface area contributed by atoms with Crippen molar-refractivity contribution >= 4 is 33.2 Å². The number of nitrogen functional groups attached to an aromatic ring is 1. The molecule has 0 aliphatic carbocycles. The minimum absolute atomic E-state index is 0.140. The zero-order valence-electron chi connectivity index (χ0n) is 7.44. The third kappa shape index (κ3) is 1.31. The van der Waals surface area contributed by atoms with Gasteiger partial charge in [-0.15, -0.1) is 11.3 Å². The highest BCUT2D eigenvalue weighted by atomic mass is 32.1. The summed E-state index contributed by atoms with van der Waals surface area (Å²) in [5, 5.41) is 9.74. The molecule has 0 radical (unpaired) electrons. The Bertz CT molecular complexity index is 519. The van der Waals surface area contributed by atoms with Crippen LogP contribution in [0.15, 0.2) is 12.1 Å². The van der Waals surface area contributed by atoms with Crippen LogP contribution in [0.25, 0.3) is 10.2 Å². The van der Waals surface area contributed by atoms with Crippen LogP contribution < -0.4 is 5.73 Å². The van der Waals surface area contributed by atoms with Gasteiger partial charge in [0.05, 0.1) is 20.8 Å². The van der Waals surface area contributed by atoms with E-state index in [9.17, 15) is 4.79 Å². The molecule has 72 valence electrons. The van der Waals surface area contributed by atoms with Crippen LogP contribution in [0.1, 0.15) is 15.4 Å². The van der Waals surface area contributed by atoms with E-state index < -0.39 is 5.97 Å². The van der Waals surface area contributed by atoms with Crippen LogP contribution in [0, 0.1) is 6.92 Å². The number of aromatic carboxylic acids is 1. The number of fused-ring (bicyclic) bond motifs is 1. The topological polar surface area (TPSA) is 76.2 Å². The van der Waals surface area contributed by atoms with E-state index in [2.05, 4.69) is 4.98 Å². The third-order valence-corrected chi connectivity index (χ3v) is 2.83. The van der Waals surface area contributed by atoms with Crippen LogP contribution in [0.5, 0.6) is 0 Å². The normalized spacial score (nSPS) is 10.6. The molecule has 0 amide bonds. The summed E-state index contributed by atoms with van der Waals surface area (Å²) < 4.78 is 0.856. The number of carboxylic acids is 1. The van der Waals surface area contributed by atoms with Gasteiger partial charge in [-0.2, -0.15) is 0 Å². The molecular formula is C9H8N2O2S. The van der Waals surface area contributed by atoms with Gasteiger partial charge in [-0.25, -0.2) is 9.78 Å². The molecule has 0 fully saturated rings. The van der Waals surface area contributed by atoms with Gasteiger partial charge < -0.3 is 10.8 Å². The number of nitrogens with zero attached hydrogens (tertiary/aromatic N) is 1. The molecule has 0 aliphatic rings. The second kappa shape index (κ2) is 2.95. The molecule has 1 aromatic heterocycles. The molecule has 1 heterocycles. The Hall–Kier alpha value is -1.62. The number of anilines is 1. The minimum atomic E-state index is -1.00. The van der Waals surface area contributed by atoms with Gasteiger partial charge in [0.15, 0.2) is 0 Å². The predicted octanol–water partition coefficient (Wildman–Crippen LogP) is 1.89. The largest absolute Gasteiger partial charge is 0.478 e. The highest BCUT2D eigenvalue weighted by Gasteiger charge is 2.11. The van der Waals surface area contributed by atoms with Crippen LogP contribution in [0.2, 0.25) is 0 Å². The van der Waals surface area contributed by atoms with Crippen LogP contribution >= 0.6 is 11.3 Å². The molecular weight excluding hydrogens is 200 g/mol. The maximum absolute atomic E-state index is 10.8. The SMILES string of the molecule is Cc1nc2cc(N)c(C(=O)O)cc2s1. The van der Waals surface area contributed by atoms with E-state index in [0.29, 0.717) is 0 Å². The zero-order chi connectivity index (χ0) is 10.3. The molecule has 0 unspecified atom stereocenters. The van der Waals surface area contributed by atoms with Gasteiger partial charge in [0, 0.05) is 5.69 Å². The van der Waals surface area contributed by atoms with Gasteiger partial charge in [-0.05, 0) is 19.1 Å². The van der Waals surface area contributed by atoms with E-state index >= 15 is 0 Å². The molecule has 4 nitrogen and oxygen atoms in total. The Balaban J connectivity index is 2.76. The lowest BCUT2D eigenvalue weighted by atomic mass is 10.2. The zero-order valence-corrected chi connectivity index (χ0v) is 8.26. The standard InChI is InChI=1S/C9H8N2O2S/c1-4-11-7-3-6(10)5(9(12)13)2-8(7)14-4/h2-3H,10H2,1H3,(H,12,13). The van der Waals surface area contributed by atoms with Gasteiger partial charge in [-0.3, -0.25) is 0 Å². The number of aromatic nitrogens is 1. The molecule has 3 N–H and O–H groups in total. The molecule has 1 aromatic carbocycles. The van der Waals surface area contributed by atoms with E-state index in [1.807, 2.05) is 6.92 Å². The first-order valence-electron chi connectivity index (χ1n) is 3.98. The number of aryl methyl sites for hydroxylation is 1. The van der Waals surface area contributed by atoms with E-state index in [1.54, 1.807) is 12.1 Å². The van der Waals surface area contributed by atoms with Crippen molar-refractivity contribution < 1.29 is 9.90 Å². The van der Waals surface area contributed by atoms with Crippen LogP contribution in [-0.2, 0) is 0 Å². The average molecular weight is 208 g/mol. The van der Waals surface area contributed by atoms with Crippen LogP contribution in [-0.4, -0.2) is 16.1 Å². The molecule has 0 spiro atoms. The highest BCUT2D eigenvalue weighted by molar-refractivity contribution is 7.18. The molecule has 0 atom stereocenters. The summed E-state index contributed by atoms with van der Waals surface area (Å²) in [6, 6.07) is 3.17. The fourth-order valence-corrected chi connectivity index (χ4v) is 2.14. The lowest BCUT2D eigenvalue weighted by Gasteiger charge is -1.98. The van der Waals surface area contributed by atoms with Crippen molar-refractivity contribution in [2.24, 2.45) is 0 Å². The Kier molecular flexibility index (Phi) is 1.89. The minimum Gasteiger partial charge on any atom is -0.478 e. The van der Waals surface area contributed by atoms with Gasteiger partial charge in [-0.1, -0.05) is 0 Å². The summed E-state index contributed by atoms with van der Waals surface area (Å²) in [7, 11) is 0. The van der Waals surface area contributed by atoms with Crippen LogP contribution in [0.4, 0.5) is 5.69 Å². The quantitative estimate of drug-likeness (QED) is 0.701. The molecule has 2 aromatic rings. The summed E-state index contributed by atoms with van der Waals surface area (Å²) in [6.45, 7) is 1.88. The Morgan fingerprint density at radius 1 is 1.57 bits per heavy atom. The number of benzene rings is 1. The fraction of sp³-hybridized carbons (Fsp3) is 0.111. The van der Waals surface area contributed by atoms with Crippen molar-refractivity contribution in [2.45, 2.75) is 6.92 Å². The Morgan fingerprint density at radius 3 is 2.93 bits per heavy atom. The van der Waals surface area contributed by atoms with Crippen molar-refractivity contribution in [2.75, 3.05) is 5.73 Å². The Morgan fingerprint density at radius 2 is 2.29 bits per heavy atom. The third-order valence-electron chi connectivity index (χ3n) is 1.90. The Labute approximate surface area is 84.0 Å². The number of hydrogen-bond donors (Lipinski definition) is 2. The molecule has 0 saturated carbocycles. The first-order chi connectivity index (χ1) is 6.58. The summed E-state index contributed by atoms with van der Waals surface area (Å²) in [5.74, 6) is -1.00. The summed E-state index contributed by atoms with van der Waals surface area (Å²) in [4.78, 5) is 15.0. The van der Waals surface area contributed by atoms with Crippen molar-refractivity contribution in [1.29, 1.82) is 0 Å². The molecule has 0 bridgehead atoms. The maximum atomic E-state index is 10.8. The first-order valence-corrected chi connectivity index (χ1v) is 4.79. The number of nitrogens with two attached hydrogens (primary N) is 1. The highest BCUT2D eigenvalue weighted by Crippen LogP contribution is 2.26. The summed E-state index contributed by atoms with van der Waals surface area (Å²) in [6.07, 6.45) is 0. The van der Waals surface area contributed by atoms with Crippen molar-refractivity contribution in [3.8, 4) is 0 Å². The smallest absolute Gasteiger partial charge is 0.337 e. The van der Waals surface area contributed by atoms with Gasteiger partial charge >= 0.3 is 5.97 Å². The van der Waals surface area contributed by atoms with Crippen molar-refractivity contribution in [3.63, 3.8) is 0 Å². The fourth-order valence-electron chi connectivity index (χ4n) is 1.29. The van der Waals surface area contributed by atoms with E-state index in [1.165, 1.54) is 11.3 Å². The predicted molar refractivity (Wildman–Crippen MR) is 55.7 cm³/mol.